The molecule has 0 unspecified atom stereocenters. The Bertz CT molecular complexity index is 1240. The van der Waals surface area contributed by atoms with Gasteiger partial charge in [-0.3, -0.25) is 4.57 Å². The second kappa shape index (κ2) is 10.6. The van der Waals surface area contributed by atoms with Crippen molar-refractivity contribution in [3.8, 4) is 17.2 Å². The third-order valence-corrected chi connectivity index (χ3v) is 6.56. The lowest BCUT2D eigenvalue weighted by atomic mass is 9.87. The van der Waals surface area contributed by atoms with Crippen molar-refractivity contribution >= 4 is 27.7 Å². The number of halogens is 1. The van der Waals surface area contributed by atoms with Gasteiger partial charge in [0.05, 0.1) is 5.75 Å². The van der Waals surface area contributed by atoms with Gasteiger partial charge in [0.15, 0.2) is 11.0 Å². The number of nitrogens with zero attached hydrogens (tertiary/aromatic N) is 5. The van der Waals surface area contributed by atoms with E-state index in [1.54, 1.807) is 0 Å². The number of aromatic nitrogens is 5. The quantitative estimate of drug-likeness (QED) is 0.178. The molecule has 0 N–H and O–H groups in total. The van der Waals surface area contributed by atoms with E-state index in [-0.39, 0.29) is 5.41 Å². The smallest absolute Gasteiger partial charge is 0.247 e. The van der Waals surface area contributed by atoms with Gasteiger partial charge in [-0.15, -0.1) is 27.0 Å². The molecular weight excluding hydrogens is 514 g/mol. The van der Waals surface area contributed by atoms with Crippen LogP contribution in [0.5, 0.6) is 5.75 Å². The van der Waals surface area contributed by atoms with Gasteiger partial charge in [0.25, 0.3) is 0 Å². The first-order chi connectivity index (χ1) is 16.3. The van der Waals surface area contributed by atoms with Gasteiger partial charge in [-0.1, -0.05) is 66.7 Å². The van der Waals surface area contributed by atoms with Crippen molar-refractivity contribution in [1.82, 2.24) is 25.0 Å². The van der Waals surface area contributed by atoms with Crippen molar-refractivity contribution in [1.29, 1.82) is 0 Å². The zero-order chi connectivity index (χ0) is 24.1. The van der Waals surface area contributed by atoms with Crippen molar-refractivity contribution in [3.63, 3.8) is 0 Å². The zero-order valence-corrected chi connectivity index (χ0v) is 21.8. The highest BCUT2D eigenvalue weighted by Crippen LogP contribution is 2.27. The number of benzene rings is 2. The second-order valence-corrected chi connectivity index (χ2v) is 10.5. The summed E-state index contributed by atoms with van der Waals surface area (Å²) in [6.07, 6.45) is 1.81. The van der Waals surface area contributed by atoms with Crippen LogP contribution in [-0.2, 0) is 24.3 Å². The lowest BCUT2D eigenvalue weighted by Gasteiger charge is -2.19. The molecule has 0 saturated heterocycles. The summed E-state index contributed by atoms with van der Waals surface area (Å²) in [6, 6.07) is 15.9. The molecule has 0 bridgehead atoms. The molecule has 0 spiro atoms. The number of rotatable bonds is 9. The van der Waals surface area contributed by atoms with Gasteiger partial charge in [0.2, 0.25) is 11.8 Å². The maximum atomic E-state index is 5.97. The Morgan fingerprint density at radius 1 is 1.03 bits per heavy atom. The van der Waals surface area contributed by atoms with Crippen molar-refractivity contribution in [2.75, 3.05) is 0 Å². The maximum Gasteiger partial charge on any atom is 0.247 e. The highest BCUT2D eigenvalue weighted by atomic mass is 79.9. The van der Waals surface area contributed by atoms with Crippen LogP contribution in [0.25, 0.3) is 11.5 Å². The zero-order valence-electron chi connectivity index (χ0n) is 19.4. The molecule has 2 heterocycles. The Morgan fingerprint density at radius 3 is 2.44 bits per heavy atom. The number of thioether (sulfide) groups is 1. The van der Waals surface area contributed by atoms with Crippen LogP contribution < -0.4 is 4.74 Å². The van der Waals surface area contributed by atoms with Gasteiger partial charge < -0.3 is 9.15 Å². The standard InChI is InChI=1S/C25H26BrN5O2S/c1-5-14-31-21(15-32-20-12-8-18(9-13-20)25(2,3)4)27-30-24(31)34-16-22-28-29-23(33-22)17-6-10-19(26)11-7-17/h5-13H,1,14-16H2,2-4H3. The number of ether oxygens (including phenoxy) is 1. The molecule has 0 saturated carbocycles. The topological polar surface area (TPSA) is 78.9 Å². The van der Waals surface area contributed by atoms with Crippen LogP contribution in [-0.4, -0.2) is 25.0 Å². The molecule has 0 fully saturated rings. The molecule has 0 aliphatic rings. The number of hydrogen-bond donors (Lipinski definition) is 0. The lowest BCUT2D eigenvalue weighted by Crippen LogP contribution is -2.11. The lowest BCUT2D eigenvalue weighted by molar-refractivity contribution is 0.289. The normalized spacial score (nSPS) is 11.5. The Labute approximate surface area is 211 Å². The van der Waals surface area contributed by atoms with E-state index in [0.717, 1.165) is 26.8 Å². The average Bonchev–Trinajstić information content (AvgIpc) is 3.44. The number of hydrogen-bond acceptors (Lipinski definition) is 7. The molecule has 0 aliphatic carbocycles. The van der Waals surface area contributed by atoms with Crippen LogP contribution >= 0.6 is 27.7 Å². The summed E-state index contributed by atoms with van der Waals surface area (Å²) in [5, 5.41) is 17.7. The van der Waals surface area contributed by atoms with Gasteiger partial charge in [-0.05, 0) is 47.4 Å². The molecule has 2 aromatic heterocycles. The number of allylic oxidation sites excluding steroid dienone is 1. The first-order valence-electron chi connectivity index (χ1n) is 10.8. The van der Waals surface area contributed by atoms with Gasteiger partial charge in [-0.2, -0.15) is 0 Å². The Kier molecular flexibility index (Phi) is 7.53. The molecule has 7 nitrogen and oxygen atoms in total. The van der Waals surface area contributed by atoms with Gasteiger partial charge in [0, 0.05) is 16.6 Å². The summed E-state index contributed by atoms with van der Waals surface area (Å²) in [7, 11) is 0. The first kappa shape index (κ1) is 24.2. The maximum absolute atomic E-state index is 5.97. The monoisotopic (exact) mass is 539 g/mol. The minimum Gasteiger partial charge on any atom is -0.486 e. The minimum absolute atomic E-state index is 0.103. The van der Waals surface area contributed by atoms with Crippen molar-refractivity contribution in [3.05, 3.63) is 82.9 Å². The summed E-state index contributed by atoms with van der Waals surface area (Å²) in [5.41, 5.74) is 2.24. The molecular formula is C25H26BrN5O2S. The molecule has 9 heteroatoms. The minimum atomic E-state index is 0.103. The largest absolute Gasteiger partial charge is 0.486 e. The molecule has 0 amide bonds. The van der Waals surface area contributed by atoms with E-state index in [1.165, 1.54) is 17.3 Å². The van der Waals surface area contributed by atoms with E-state index in [4.69, 9.17) is 9.15 Å². The van der Waals surface area contributed by atoms with Crippen LogP contribution in [0, 0.1) is 0 Å². The fraction of sp³-hybridized carbons (Fsp3) is 0.280. The van der Waals surface area contributed by atoms with E-state index >= 15 is 0 Å². The fourth-order valence-corrected chi connectivity index (χ4v) is 4.26. The van der Waals surface area contributed by atoms with E-state index in [0.29, 0.717) is 30.7 Å². The van der Waals surface area contributed by atoms with Gasteiger partial charge in [0.1, 0.15) is 12.4 Å². The molecule has 0 aliphatic heterocycles. The summed E-state index contributed by atoms with van der Waals surface area (Å²) < 4.78 is 14.8. The van der Waals surface area contributed by atoms with Crippen LogP contribution in [0.4, 0.5) is 0 Å². The fourth-order valence-electron chi connectivity index (χ4n) is 3.19. The third kappa shape index (κ3) is 5.95. The predicted molar refractivity (Wildman–Crippen MR) is 137 cm³/mol. The molecule has 34 heavy (non-hydrogen) atoms. The van der Waals surface area contributed by atoms with E-state index in [9.17, 15) is 0 Å². The molecule has 2 aromatic carbocycles. The first-order valence-corrected chi connectivity index (χ1v) is 12.6. The third-order valence-electron chi connectivity index (χ3n) is 5.08. The highest BCUT2D eigenvalue weighted by Gasteiger charge is 2.16. The second-order valence-electron chi connectivity index (χ2n) is 8.66. The highest BCUT2D eigenvalue weighted by molar-refractivity contribution is 9.10. The van der Waals surface area contributed by atoms with E-state index < -0.39 is 0 Å². The summed E-state index contributed by atoms with van der Waals surface area (Å²) in [6.45, 7) is 11.3. The Hall–Kier alpha value is -2.91. The van der Waals surface area contributed by atoms with E-state index in [1.807, 2.05) is 47.0 Å². The molecule has 4 aromatic rings. The summed E-state index contributed by atoms with van der Waals surface area (Å²) in [4.78, 5) is 0. The Balaban J connectivity index is 1.40. The SMILES string of the molecule is C=CCn1c(COc2ccc(C(C)(C)C)cc2)nnc1SCc1nnc(-c2ccc(Br)cc2)o1. The van der Waals surface area contributed by atoms with Gasteiger partial charge >= 0.3 is 0 Å². The van der Waals surface area contributed by atoms with Crippen molar-refractivity contribution < 1.29 is 9.15 Å². The summed E-state index contributed by atoms with van der Waals surface area (Å²) in [5.74, 6) is 3.01. The van der Waals surface area contributed by atoms with Crippen LogP contribution in [0.1, 0.15) is 38.0 Å². The van der Waals surface area contributed by atoms with Crippen LogP contribution in [0.3, 0.4) is 0 Å². The van der Waals surface area contributed by atoms with Crippen LogP contribution in [0.15, 0.2) is 75.2 Å². The predicted octanol–water partition coefficient (Wildman–Crippen LogP) is 6.45. The molecule has 4 rings (SSSR count). The summed E-state index contributed by atoms with van der Waals surface area (Å²) >= 11 is 4.91. The molecule has 176 valence electrons. The van der Waals surface area contributed by atoms with Crippen molar-refractivity contribution in [2.24, 2.45) is 0 Å². The van der Waals surface area contributed by atoms with Crippen LogP contribution in [0.2, 0.25) is 0 Å². The van der Waals surface area contributed by atoms with E-state index in [2.05, 4.69) is 75.8 Å². The van der Waals surface area contributed by atoms with Crippen molar-refractivity contribution in [2.45, 2.75) is 50.2 Å². The van der Waals surface area contributed by atoms with Gasteiger partial charge in [-0.25, -0.2) is 0 Å². The Morgan fingerprint density at radius 2 is 1.76 bits per heavy atom. The molecule has 0 atom stereocenters. The molecule has 0 radical (unpaired) electrons. The average molecular weight is 540 g/mol.